The molecule has 5 nitrogen and oxygen atoms in total. The Morgan fingerprint density at radius 1 is 1.32 bits per heavy atom. The molecule has 0 spiro atoms. The van der Waals surface area contributed by atoms with Crippen LogP contribution in [-0.4, -0.2) is 22.2 Å². The molecule has 0 saturated carbocycles. The van der Waals surface area contributed by atoms with Gasteiger partial charge in [0.2, 0.25) is 5.88 Å². The number of fused-ring (bicyclic) bond motifs is 2. The SMILES string of the molecule is COc1cccc(-c2nc(=S)c3c([nH]2)Oc2ccc(Cl)cc2C3)c1O. The lowest BCUT2D eigenvalue weighted by Gasteiger charge is -2.20. The molecule has 2 N–H and O–H groups in total. The molecule has 0 bridgehead atoms. The molecule has 0 radical (unpaired) electrons. The van der Waals surface area contributed by atoms with Crippen molar-refractivity contribution in [3.63, 3.8) is 0 Å². The zero-order valence-corrected chi connectivity index (χ0v) is 14.7. The van der Waals surface area contributed by atoms with E-state index in [9.17, 15) is 5.11 Å². The molecule has 0 fully saturated rings. The predicted molar refractivity (Wildman–Crippen MR) is 97.4 cm³/mol. The summed E-state index contributed by atoms with van der Waals surface area (Å²) < 4.78 is 11.5. The minimum absolute atomic E-state index is 0.00825. The maximum absolute atomic E-state index is 10.4. The molecule has 0 unspecified atom stereocenters. The number of aromatic hydroxyl groups is 1. The number of hydrogen-bond acceptors (Lipinski definition) is 5. The molecule has 1 aromatic heterocycles. The minimum Gasteiger partial charge on any atom is -0.504 e. The third-order valence-corrected chi connectivity index (χ3v) is 4.63. The summed E-state index contributed by atoms with van der Waals surface area (Å²) in [5.41, 5.74) is 2.23. The molecule has 25 heavy (non-hydrogen) atoms. The number of hydrogen-bond donors (Lipinski definition) is 2. The summed E-state index contributed by atoms with van der Waals surface area (Å²) in [6.07, 6.45) is 0.581. The van der Waals surface area contributed by atoms with Crippen LogP contribution in [0.25, 0.3) is 11.4 Å². The molecular formula is C18H13ClN2O3S. The molecule has 2 aromatic carbocycles. The zero-order valence-electron chi connectivity index (χ0n) is 13.2. The molecule has 0 saturated heterocycles. The van der Waals surface area contributed by atoms with Crippen LogP contribution < -0.4 is 9.47 Å². The average molecular weight is 373 g/mol. The monoisotopic (exact) mass is 372 g/mol. The molecule has 0 amide bonds. The highest BCUT2D eigenvalue weighted by Gasteiger charge is 2.22. The molecule has 1 aliphatic rings. The van der Waals surface area contributed by atoms with Crippen LogP contribution >= 0.6 is 23.8 Å². The van der Waals surface area contributed by atoms with E-state index < -0.39 is 0 Å². The number of H-pyrrole nitrogens is 1. The van der Waals surface area contributed by atoms with Crippen molar-refractivity contribution in [2.45, 2.75) is 6.42 Å². The number of phenolic OH excluding ortho intramolecular Hbond substituents is 1. The summed E-state index contributed by atoms with van der Waals surface area (Å²) in [4.78, 5) is 7.54. The van der Waals surface area contributed by atoms with Crippen LogP contribution in [0, 0.1) is 4.64 Å². The average Bonchev–Trinajstić information content (AvgIpc) is 2.60. The second-order valence-corrected chi connectivity index (χ2v) is 6.41. The lowest BCUT2D eigenvalue weighted by atomic mass is 10.0. The Morgan fingerprint density at radius 2 is 2.16 bits per heavy atom. The highest BCUT2D eigenvalue weighted by Crippen LogP contribution is 2.40. The summed E-state index contributed by atoms with van der Waals surface area (Å²) in [5, 5.41) is 11.0. The highest BCUT2D eigenvalue weighted by molar-refractivity contribution is 7.71. The molecule has 2 heterocycles. The van der Waals surface area contributed by atoms with Gasteiger partial charge in [0.15, 0.2) is 11.5 Å². The standard InChI is InChI=1S/C18H13ClN2O3S/c1-23-14-4-2-3-11(15(14)22)16-20-17-12(18(25)21-16)8-9-7-10(19)5-6-13(9)24-17/h2-7,22H,8H2,1H3,(H,20,21,25). The number of nitrogens with one attached hydrogen (secondary N) is 1. The second-order valence-electron chi connectivity index (χ2n) is 5.59. The maximum Gasteiger partial charge on any atom is 0.205 e. The summed E-state index contributed by atoms with van der Waals surface area (Å²) in [7, 11) is 1.49. The number of para-hydroxylation sites is 1. The first-order valence-electron chi connectivity index (χ1n) is 7.52. The van der Waals surface area contributed by atoms with E-state index in [0.29, 0.717) is 39.1 Å². The van der Waals surface area contributed by atoms with Crippen LogP contribution in [0.5, 0.6) is 23.1 Å². The second kappa shape index (κ2) is 6.06. The first-order chi connectivity index (χ1) is 12.1. The molecule has 1 aliphatic heterocycles. The van der Waals surface area contributed by atoms with Crippen LogP contribution in [-0.2, 0) is 6.42 Å². The number of aromatic amines is 1. The summed E-state index contributed by atoms with van der Waals surface area (Å²) >= 11 is 11.5. The van der Waals surface area contributed by atoms with Gasteiger partial charge in [0.25, 0.3) is 0 Å². The first kappa shape index (κ1) is 15.9. The lowest BCUT2D eigenvalue weighted by molar-refractivity contribution is 0.374. The van der Waals surface area contributed by atoms with Gasteiger partial charge in [-0.1, -0.05) is 29.9 Å². The Morgan fingerprint density at radius 3 is 2.96 bits per heavy atom. The smallest absolute Gasteiger partial charge is 0.205 e. The third kappa shape index (κ3) is 2.73. The maximum atomic E-state index is 10.4. The van der Waals surface area contributed by atoms with Crippen molar-refractivity contribution in [2.24, 2.45) is 0 Å². The van der Waals surface area contributed by atoms with Gasteiger partial charge in [-0.3, -0.25) is 0 Å². The van der Waals surface area contributed by atoms with Gasteiger partial charge in [-0.15, -0.1) is 0 Å². The molecule has 126 valence electrons. The first-order valence-corrected chi connectivity index (χ1v) is 8.31. The van der Waals surface area contributed by atoms with Gasteiger partial charge < -0.3 is 19.6 Å². The van der Waals surface area contributed by atoms with E-state index in [4.69, 9.17) is 33.3 Å². The summed E-state index contributed by atoms with van der Waals surface area (Å²) in [6.45, 7) is 0. The van der Waals surface area contributed by atoms with Gasteiger partial charge >= 0.3 is 0 Å². The number of nitrogens with zero attached hydrogens (tertiary/aromatic N) is 1. The number of halogens is 1. The fourth-order valence-electron chi connectivity index (χ4n) is 2.81. The Balaban J connectivity index is 1.83. The molecule has 4 rings (SSSR count). The van der Waals surface area contributed by atoms with E-state index in [-0.39, 0.29) is 5.75 Å². The molecule has 0 aliphatic carbocycles. The summed E-state index contributed by atoms with van der Waals surface area (Å²) in [6, 6.07) is 10.6. The third-order valence-electron chi connectivity index (χ3n) is 4.05. The number of rotatable bonds is 2. The van der Waals surface area contributed by atoms with E-state index in [0.717, 1.165) is 16.9 Å². The van der Waals surface area contributed by atoms with E-state index in [1.165, 1.54) is 7.11 Å². The van der Waals surface area contributed by atoms with Gasteiger partial charge in [-0.25, -0.2) is 4.98 Å². The van der Waals surface area contributed by atoms with Crippen molar-refractivity contribution in [2.75, 3.05) is 7.11 Å². The number of aromatic nitrogens is 2. The van der Waals surface area contributed by atoms with E-state index in [1.54, 1.807) is 24.3 Å². The zero-order chi connectivity index (χ0) is 17.6. The number of methoxy groups -OCH3 is 1. The topological polar surface area (TPSA) is 67.4 Å². The van der Waals surface area contributed by atoms with Crippen LogP contribution in [0.4, 0.5) is 0 Å². The van der Waals surface area contributed by atoms with Crippen molar-refractivity contribution in [3.05, 3.63) is 57.2 Å². The van der Waals surface area contributed by atoms with Gasteiger partial charge in [0.05, 0.1) is 18.2 Å². The van der Waals surface area contributed by atoms with Crippen molar-refractivity contribution in [1.29, 1.82) is 0 Å². The largest absolute Gasteiger partial charge is 0.504 e. The quantitative estimate of drug-likeness (QED) is 0.491. The fraction of sp³-hybridized carbons (Fsp3) is 0.111. The van der Waals surface area contributed by atoms with Crippen molar-refractivity contribution >= 4 is 23.8 Å². The van der Waals surface area contributed by atoms with Crippen molar-refractivity contribution < 1.29 is 14.6 Å². The van der Waals surface area contributed by atoms with Crippen molar-refractivity contribution in [3.8, 4) is 34.5 Å². The Hall–Kier alpha value is -2.57. The van der Waals surface area contributed by atoms with E-state index >= 15 is 0 Å². The number of phenols is 1. The number of benzene rings is 2. The van der Waals surface area contributed by atoms with Gasteiger partial charge in [-0.05, 0) is 30.3 Å². The van der Waals surface area contributed by atoms with Gasteiger partial charge in [0, 0.05) is 17.0 Å². The molecule has 0 atom stereocenters. The van der Waals surface area contributed by atoms with E-state index in [2.05, 4.69) is 9.97 Å². The molecule has 3 aromatic rings. The van der Waals surface area contributed by atoms with Gasteiger partial charge in [-0.2, -0.15) is 0 Å². The van der Waals surface area contributed by atoms with E-state index in [1.807, 2.05) is 12.1 Å². The Kier molecular flexibility index (Phi) is 3.86. The van der Waals surface area contributed by atoms with Crippen molar-refractivity contribution in [1.82, 2.24) is 9.97 Å². The molecular weight excluding hydrogens is 360 g/mol. The number of ether oxygens (including phenoxy) is 2. The normalized spacial score (nSPS) is 12.1. The lowest BCUT2D eigenvalue weighted by Crippen LogP contribution is -2.08. The fourth-order valence-corrected chi connectivity index (χ4v) is 3.26. The Bertz CT molecular complexity index is 1050. The van der Waals surface area contributed by atoms with Crippen LogP contribution in [0.3, 0.4) is 0 Å². The van der Waals surface area contributed by atoms with Crippen LogP contribution in [0.1, 0.15) is 11.1 Å². The predicted octanol–water partition coefficient (Wildman–Crippen LogP) is 4.87. The van der Waals surface area contributed by atoms with Crippen LogP contribution in [0.15, 0.2) is 36.4 Å². The minimum atomic E-state index is -0.00825. The summed E-state index contributed by atoms with van der Waals surface area (Å²) in [5.74, 6) is 2.00. The van der Waals surface area contributed by atoms with Crippen LogP contribution in [0.2, 0.25) is 5.02 Å². The van der Waals surface area contributed by atoms with Gasteiger partial charge in [0.1, 0.15) is 16.2 Å². The highest BCUT2D eigenvalue weighted by atomic mass is 35.5. The Labute approximate surface area is 153 Å². The molecule has 7 heteroatoms.